The Hall–Kier alpha value is -3.65. The Balaban J connectivity index is 2.09. The fraction of sp³-hybridized carbons (Fsp3) is 0.0500. The van der Waals surface area contributed by atoms with Crippen LogP contribution >= 0.6 is 0 Å². The third kappa shape index (κ3) is 2.41. The van der Waals surface area contributed by atoms with E-state index < -0.39 is 0 Å². The van der Waals surface area contributed by atoms with E-state index in [1.807, 2.05) is 55.6 Å². The van der Waals surface area contributed by atoms with Crippen molar-refractivity contribution in [1.29, 1.82) is 5.26 Å². The van der Waals surface area contributed by atoms with Crippen molar-refractivity contribution in [2.24, 2.45) is 0 Å². The Bertz CT molecular complexity index is 1120. The molecule has 4 aromatic rings. The summed E-state index contributed by atoms with van der Waals surface area (Å²) >= 11 is 0. The van der Waals surface area contributed by atoms with Crippen LogP contribution in [0.2, 0.25) is 0 Å². The number of rotatable bonds is 2. The summed E-state index contributed by atoms with van der Waals surface area (Å²) in [5.41, 5.74) is 11.7. The number of hydrogen-bond acceptors (Lipinski definition) is 4. The Kier molecular flexibility index (Phi) is 3.44. The Morgan fingerprint density at radius 2 is 2.04 bits per heavy atom. The van der Waals surface area contributed by atoms with Crippen molar-refractivity contribution in [2.75, 3.05) is 5.73 Å². The van der Waals surface area contributed by atoms with Crippen LogP contribution in [0.1, 0.15) is 11.1 Å². The smallest absolute Gasteiger partial charge is 0.142 e. The van der Waals surface area contributed by atoms with Crippen LogP contribution in [-0.2, 0) is 0 Å². The van der Waals surface area contributed by atoms with Crippen LogP contribution in [0.15, 0.2) is 54.9 Å². The van der Waals surface area contributed by atoms with Crippen LogP contribution in [0.4, 0.5) is 5.82 Å². The van der Waals surface area contributed by atoms with Crippen molar-refractivity contribution in [3.8, 4) is 28.6 Å². The molecule has 0 bridgehead atoms. The van der Waals surface area contributed by atoms with E-state index in [0.717, 1.165) is 33.3 Å². The molecule has 4 rings (SSSR count). The van der Waals surface area contributed by atoms with Gasteiger partial charge in [-0.05, 0) is 48.4 Å². The number of H-pyrrole nitrogens is 1. The summed E-state index contributed by atoms with van der Waals surface area (Å²) in [6.07, 6.45) is 3.59. The fourth-order valence-electron chi connectivity index (χ4n) is 3.13. The minimum absolute atomic E-state index is 0.227. The number of nitrogens with one attached hydrogen (secondary N) is 1. The minimum atomic E-state index is 0.227. The number of fused-ring (bicyclic) bond motifs is 1. The molecule has 25 heavy (non-hydrogen) atoms. The number of benzene rings is 1. The summed E-state index contributed by atoms with van der Waals surface area (Å²) in [5.74, 6) is 0.227. The van der Waals surface area contributed by atoms with Gasteiger partial charge < -0.3 is 10.7 Å². The van der Waals surface area contributed by atoms with Crippen LogP contribution < -0.4 is 5.73 Å². The molecule has 5 nitrogen and oxygen atoms in total. The molecule has 0 unspecified atom stereocenters. The van der Waals surface area contributed by atoms with Gasteiger partial charge >= 0.3 is 0 Å². The van der Waals surface area contributed by atoms with E-state index in [1.54, 1.807) is 6.20 Å². The average Bonchev–Trinajstić information content (AvgIpc) is 3.16. The van der Waals surface area contributed by atoms with Crippen LogP contribution in [0.25, 0.3) is 33.4 Å². The highest BCUT2D eigenvalue weighted by Crippen LogP contribution is 2.36. The van der Waals surface area contributed by atoms with Crippen molar-refractivity contribution in [3.63, 3.8) is 0 Å². The van der Waals surface area contributed by atoms with Gasteiger partial charge in [-0.25, -0.2) is 4.98 Å². The van der Waals surface area contributed by atoms with Crippen LogP contribution in [0, 0.1) is 18.3 Å². The number of nitrogen functional groups attached to an aromatic ring is 1. The van der Waals surface area contributed by atoms with Gasteiger partial charge in [-0.3, -0.25) is 4.98 Å². The van der Waals surface area contributed by atoms with Gasteiger partial charge in [0.25, 0.3) is 0 Å². The van der Waals surface area contributed by atoms with Gasteiger partial charge in [0.1, 0.15) is 17.5 Å². The van der Waals surface area contributed by atoms with E-state index in [4.69, 9.17) is 5.73 Å². The maximum Gasteiger partial charge on any atom is 0.142 e. The lowest BCUT2D eigenvalue weighted by Crippen LogP contribution is -2.01. The summed E-state index contributed by atoms with van der Waals surface area (Å²) in [6.45, 7) is 2.02. The quantitative estimate of drug-likeness (QED) is 0.581. The van der Waals surface area contributed by atoms with Gasteiger partial charge in [-0.15, -0.1) is 0 Å². The normalized spacial score (nSPS) is 10.7. The first-order valence-corrected chi connectivity index (χ1v) is 7.88. The molecular formula is C20H15N5. The van der Waals surface area contributed by atoms with Crippen molar-refractivity contribution in [1.82, 2.24) is 15.0 Å². The number of aromatic nitrogens is 3. The van der Waals surface area contributed by atoms with Gasteiger partial charge in [-0.2, -0.15) is 5.26 Å². The lowest BCUT2D eigenvalue weighted by atomic mass is 9.92. The van der Waals surface area contributed by atoms with Gasteiger partial charge in [-0.1, -0.05) is 12.1 Å². The Labute approximate surface area is 144 Å². The number of pyridine rings is 2. The van der Waals surface area contributed by atoms with Gasteiger partial charge in [0.2, 0.25) is 0 Å². The SMILES string of the molecule is Cc1ccc2ncccc2c1-c1cc(-c2ccc[nH]2)nc(N)c1C#N. The molecule has 3 heterocycles. The zero-order valence-corrected chi connectivity index (χ0v) is 13.6. The van der Waals surface area contributed by atoms with Gasteiger partial charge in [0, 0.05) is 23.3 Å². The molecule has 0 aliphatic carbocycles. The van der Waals surface area contributed by atoms with Crippen LogP contribution in [0.3, 0.4) is 0 Å². The predicted molar refractivity (Wildman–Crippen MR) is 98.6 cm³/mol. The molecular weight excluding hydrogens is 310 g/mol. The molecule has 3 N–H and O–H groups in total. The molecule has 0 aliphatic rings. The first kappa shape index (κ1) is 14.9. The number of aryl methyl sites for hydroxylation is 1. The fourth-order valence-corrected chi connectivity index (χ4v) is 3.13. The van der Waals surface area contributed by atoms with Crippen molar-refractivity contribution in [3.05, 3.63) is 66.0 Å². The highest BCUT2D eigenvalue weighted by molar-refractivity contribution is 5.99. The Morgan fingerprint density at radius 3 is 2.80 bits per heavy atom. The van der Waals surface area contributed by atoms with Crippen molar-refractivity contribution >= 4 is 16.7 Å². The van der Waals surface area contributed by atoms with E-state index in [0.29, 0.717) is 11.3 Å². The van der Waals surface area contributed by atoms with E-state index in [-0.39, 0.29) is 5.82 Å². The van der Waals surface area contributed by atoms with Gasteiger partial charge in [0.05, 0.1) is 16.9 Å². The number of nitrogens with two attached hydrogens (primary N) is 1. The first-order valence-electron chi connectivity index (χ1n) is 7.88. The van der Waals surface area contributed by atoms with Gasteiger partial charge in [0.15, 0.2) is 0 Å². The standard InChI is InChI=1S/C20H15N5/c1-12-6-7-16-13(4-2-8-23-16)19(12)14-10-18(17-5-3-9-24-17)25-20(22)15(14)11-21/h2-10,24H,1H3,(H2,22,25). The number of nitriles is 1. The second-order valence-corrected chi connectivity index (χ2v) is 5.84. The zero-order chi connectivity index (χ0) is 17.4. The van der Waals surface area contributed by atoms with E-state index in [1.165, 1.54) is 0 Å². The minimum Gasteiger partial charge on any atom is -0.383 e. The van der Waals surface area contributed by atoms with Crippen LogP contribution in [0.5, 0.6) is 0 Å². The monoisotopic (exact) mass is 325 g/mol. The molecule has 0 saturated heterocycles. The number of anilines is 1. The number of hydrogen-bond donors (Lipinski definition) is 2. The van der Waals surface area contributed by atoms with Crippen LogP contribution in [-0.4, -0.2) is 15.0 Å². The zero-order valence-electron chi connectivity index (χ0n) is 13.6. The van der Waals surface area contributed by atoms with E-state index in [2.05, 4.69) is 21.0 Å². The summed E-state index contributed by atoms with van der Waals surface area (Å²) in [5, 5.41) is 10.6. The van der Waals surface area contributed by atoms with E-state index in [9.17, 15) is 5.26 Å². The molecule has 0 atom stereocenters. The molecule has 0 fully saturated rings. The summed E-state index contributed by atoms with van der Waals surface area (Å²) < 4.78 is 0. The Morgan fingerprint density at radius 1 is 1.16 bits per heavy atom. The summed E-state index contributed by atoms with van der Waals surface area (Å²) in [6, 6.07) is 15.8. The number of aromatic amines is 1. The molecule has 0 aliphatic heterocycles. The number of nitrogens with zero attached hydrogens (tertiary/aromatic N) is 3. The van der Waals surface area contributed by atoms with E-state index >= 15 is 0 Å². The molecule has 1 aromatic carbocycles. The highest BCUT2D eigenvalue weighted by atomic mass is 14.9. The second-order valence-electron chi connectivity index (χ2n) is 5.84. The topological polar surface area (TPSA) is 91.4 Å². The maximum atomic E-state index is 9.65. The molecule has 5 heteroatoms. The highest BCUT2D eigenvalue weighted by Gasteiger charge is 2.17. The average molecular weight is 325 g/mol. The molecule has 0 radical (unpaired) electrons. The lowest BCUT2D eigenvalue weighted by Gasteiger charge is -2.14. The molecule has 120 valence electrons. The molecule has 3 aromatic heterocycles. The largest absolute Gasteiger partial charge is 0.383 e. The molecule has 0 spiro atoms. The van der Waals surface area contributed by atoms with Crippen molar-refractivity contribution < 1.29 is 0 Å². The van der Waals surface area contributed by atoms with Crippen molar-refractivity contribution in [2.45, 2.75) is 6.92 Å². The lowest BCUT2D eigenvalue weighted by molar-refractivity contribution is 1.27. The molecule has 0 amide bonds. The summed E-state index contributed by atoms with van der Waals surface area (Å²) in [4.78, 5) is 11.9. The second kappa shape index (κ2) is 5.77. The third-order valence-corrected chi connectivity index (χ3v) is 4.30. The molecule has 0 saturated carbocycles. The third-order valence-electron chi connectivity index (χ3n) is 4.30. The summed E-state index contributed by atoms with van der Waals surface area (Å²) in [7, 11) is 0. The predicted octanol–water partition coefficient (Wildman–Crippen LogP) is 4.05. The first-order chi connectivity index (χ1) is 12.2. The maximum absolute atomic E-state index is 9.65.